The molecule has 3 amide bonds. The van der Waals surface area contributed by atoms with Crippen LogP contribution in [0.15, 0.2) is 35.4 Å². The van der Waals surface area contributed by atoms with E-state index < -0.39 is 0 Å². The first-order valence-electron chi connectivity index (χ1n) is 6.39. The van der Waals surface area contributed by atoms with Crippen LogP contribution in [0.3, 0.4) is 0 Å². The second-order valence-electron chi connectivity index (χ2n) is 4.57. The molecule has 1 heterocycles. The molecule has 0 aromatic heterocycles. The average Bonchev–Trinajstić information content (AvgIpc) is 2.38. The Hall–Kier alpha value is -2.34. The molecule has 1 aromatic carbocycles. The van der Waals surface area contributed by atoms with Crippen molar-refractivity contribution in [3.05, 3.63) is 35.4 Å². The third kappa shape index (κ3) is 3.36. The maximum Gasteiger partial charge on any atom is 0.318 e. The van der Waals surface area contributed by atoms with Crippen molar-refractivity contribution < 1.29 is 9.59 Å². The highest BCUT2D eigenvalue weighted by atomic mass is 16.2. The molecule has 106 valence electrons. The van der Waals surface area contributed by atoms with E-state index in [9.17, 15) is 9.59 Å². The fourth-order valence-corrected chi connectivity index (χ4v) is 1.73. The quantitative estimate of drug-likeness (QED) is 0.627. The van der Waals surface area contributed by atoms with E-state index in [1.165, 1.54) is 0 Å². The molecule has 1 saturated heterocycles. The van der Waals surface area contributed by atoms with Gasteiger partial charge in [-0.1, -0.05) is 0 Å². The standard InChI is InChI=1S/C14H18N4O2/c1-9(10-7-16-8-10)13(19)17-11-3-5-12(6-4-11)18-14(20)15-2/h3-6,16H,7-8H2,1-2H3,(H,17,19)(H2,15,18,20). The first kappa shape index (κ1) is 14.1. The first-order valence-corrected chi connectivity index (χ1v) is 6.39. The molecule has 2 rings (SSSR count). The van der Waals surface area contributed by atoms with Gasteiger partial charge in [-0.3, -0.25) is 4.79 Å². The summed E-state index contributed by atoms with van der Waals surface area (Å²) in [6.45, 7) is 3.40. The van der Waals surface area contributed by atoms with E-state index in [1.807, 2.05) is 6.92 Å². The van der Waals surface area contributed by atoms with Gasteiger partial charge in [0, 0.05) is 37.1 Å². The Kier molecular flexibility index (Phi) is 4.37. The first-order chi connectivity index (χ1) is 9.60. The molecule has 20 heavy (non-hydrogen) atoms. The van der Waals surface area contributed by atoms with Crippen molar-refractivity contribution in [1.82, 2.24) is 10.6 Å². The third-order valence-electron chi connectivity index (χ3n) is 3.18. The monoisotopic (exact) mass is 274 g/mol. The lowest BCUT2D eigenvalue weighted by molar-refractivity contribution is -0.112. The van der Waals surface area contributed by atoms with Crippen molar-refractivity contribution in [3.8, 4) is 0 Å². The lowest BCUT2D eigenvalue weighted by atomic mass is 10.0. The number of hydrogen-bond donors (Lipinski definition) is 4. The molecule has 1 aromatic rings. The number of benzene rings is 1. The van der Waals surface area contributed by atoms with E-state index in [-0.39, 0.29) is 11.9 Å². The molecule has 0 unspecified atom stereocenters. The number of urea groups is 1. The summed E-state index contributed by atoms with van der Waals surface area (Å²) in [5, 5.41) is 11.1. The van der Waals surface area contributed by atoms with E-state index in [0.717, 1.165) is 24.2 Å². The van der Waals surface area contributed by atoms with Gasteiger partial charge in [0.2, 0.25) is 0 Å². The number of amides is 3. The Balaban J connectivity index is 1.96. The van der Waals surface area contributed by atoms with Crippen LogP contribution in [-0.2, 0) is 4.79 Å². The number of rotatable bonds is 3. The molecule has 1 aliphatic rings. The highest BCUT2D eigenvalue weighted by Crippen LogP contribution is 2.16. The molecule has 0 spiro atoms. The van der Waals surface area contributed by atoms with Crippen molar-refractivity contribution in [3.63, 3.8) is 0 Å². The molecular formula is C14H18N4O2. The zero-order valence-corrected chi connectivity index (χ0v) is 11.5. The van der Waals surface area contributed by atoms with Crippen molar-refractivity contribution in [2.24, 2.45) is 0 Å². The summed E-state index contributed by atoms with van der Waals surface area (Å²) in [5.74, 6) is -0.0893. The second kappa shape index (κ2) is 6.21. The van der Waals surface area contributed by atoms with Gasteiger partial charge in [0.05, 0.1) is 0 Å². The molecule has 1 aliphatic heterocycles. The molecular weight excluding hydrogens is 256 g/mol. The van der Waals surface area contributed by atoms with Crippen LogP contribution in [0.2, 0.25) is 0 Å². The lowest BCUT2D eigenvalue weighted by Crippen LogP contribution is -2.36. The number of hydrogen-bond acceptors (Lipinski definition) is 3. The number of nitrogens with one attached hydrogen (secondary N) is 4. The zero-order chi connectivity index (χ0) is 14.5. The summed E-state index contributed by atoms with van der Waals surface area (Å²) in [4.78, 5) is 23.1. The molecule has 0 bridgehead atoms. The van der Waals surface area contributed by atoms with E-state index in [4.69, 9.17) is 0 Å². The van der Waals surface area contributed by atoms with Gasteiger partial charge in [-0.2, -0.15) is 0 Å². The highest BCUT2D eigenvalue weighted by Gasteiger charge is 2.15. The Bertz CT molecular complexity index is 543. The number of anilines is 2. The molecule has 0 aliphatic carbocycles. The topological polar surface area (TPSA) is 82.3 Å². The van der Waals surface area contributed by atoms with Crippen LogP contribution >= 0.6 is 0 Å². The molecule has 4 N–H and O–H groups in total. The molecule has 1 fully saturated rings. The summed E-state index contributed by atoms with van der Waals surface area (Å²) >= 11 is 0. The molecule has 6 heteroatoms. The Morgan fingerprint density at radius 2 is 1.60 bits per heavy atom. The van der Waals surface area contributed by atoms with Gasteiger partial charge in [-0.25, -0.2) is 4.79 Å². The second-order valence-corrected chi connectivity index (χ2v) is 4.57. The normalized spacial score (nSPS) is 13.2. The van der Waals surface area contributed by atoms with Crippen LogP contribution in [0.5, 0.6) is 0 Å². The third-order valence-corrected chi connectivity index (χ3v) is 3.18. The SMILES string of the molecule is CNC(=O)Nc1ccc(NC(=O)C(C)=C2CNC2)cc1. The van der Waals surface area contributed by atoms with Crippen molar-refractivity contribution >= 4 is 23.3 Å². The largest absolute Gasteiger partial charge is 0.341 e. The zero-order valence-electron chi connectivity index (χ0n) is 11.5. The van der Waals surface area contributed by atoms with Crippen molar-refractivity contribution in [2.45, 2.75) is 6.92 Å². The predicted octanol–water partition coefficient (Wildman–Crippen LogP) is 1.30. The number of carbonyl (C=O) groups excluding carboxylic acids is 2. The highest BCUT2D eigenvalue weighted by molar-refractivity contribution is 6.04. The van der Waals surface area contributed by atoms with Crippen LogP contribution < -0.4 is 21.3 Å². The fourth-order valence-electron chi connectivity index (χ4n) is 1.73. The Morgan fingerprint density at radius 1 is 1.05 bits per heavy atom. The Morgan fingerprint density at radius 3 is 2.05 bits per heavy atom. The van der Waals surface area contributed by atoms with E-state index >= 15 is 0 Å². The Labute approximate surface area is 117 Å². The van der Waals surface area contributed by atoms with Gasteiger partial charge in [-0.05, 0) is 36.8 Å². The smallest absolute Gasteiger partial charge is 0.318 e. The van der Waals surface area contributed by atoms with Crippen molar-refractivity contribution in [2.75, 3.05) is 30.8 Å². The van der Waals surface area contributed by atoms with E-state index in [1.54, 1.807) is 31.3 Å². The number of carbonyl (C=O) groups is 2. The summed E-state index contributed by atoms with van der Waals surface area (Å²) in [6, 6.07) is 6.69. The van der Waals surface area contributed by atoms with E-state index in [2.05, 4.69) is 21.3 Å². The molecule has 6 nitrogen and oxygen atoms in total. The van der Waals surface area contributed by atoms with Gasteiger partial charge in [0.15, 0.2) is 0 Å². The van der Waals surface area contributed by atoms with Gasteiger partial charge in [0.25, 0.3) is 5.91 Å². The lowest BCUT2D eigenvalue weighted by Gasteiger charge is -2.21. The fraction of sp³-hybridized carbons (Fsp3) is 0.286. The van der Waals surface area contributed by atoms with Gasteiger partial charge >= 0.3 is 6.03 Å². The minimum absolute atomic E-state index is 0.0893. The summed E-state index contributed by atoms with van der Waals surface area (Å²) in [7, 11) is 1.55. The van der Waals surface area contributed by atoms with Crippen LogP contribution in [0.1, 0.15) is 6.92 Å². The minimum Gasteiger partial charge on any atom is -0.341 e. The molecule has 0 atom stereocenters. The van der Waals surface area contributed by atoms with Gasteiger partial charge in [0.1, 0.15) is 0 Å². The molecule has 0 radical (unpaired) electrons. The molecule has 0 saturated carbocycles. The summed E-state index contributed by atoms with van der Waals surface area (Å²) in [5.41, 5.74) is 3.27. The summed E-state index contributed by atoms with van der Waals surface area (Å²) in [6.07, 6.45) is 0. The average molecular weight is 274 g/mol. The van der Waals surface area contributed by atoms with Crippen LogP contribution in [-0.4, -0.2) is 32.1 Å². The van der Waals surface area contributed by atoms with Crippen LogP contribution in [0, 0.1) is 0 Å². The summed E-state index contributed by atoms with van der Waals surface area (Å²) < 4.78 is 0. The van der Waals surface area contributed by atoms with Crippen LogP contribution in [0.25, 0.3) is 0 Å². The maximum absolute atomic E-state index is 12.0. The van der Waals surface area contributed by atoms with Crippen molar-refractivity contribution in [1.29, 1.82) is 0 Å². The maximum atomic E-state index is 12.0. The van der Waals surface area contributed by atoms with Gasteiger partial charge < -0.3 is 21.3 Å². The van der Waals surface area contributed by atoms with Gasteiger partial charge in [-0.15, -0.1) is 0 Å². The van der Waals surface area contributed by atoms with Crippen LogP contribution in [0.4, 0.5) is 16.2 Å². The van der Waals surface area contributed by atoms with E-state index in [0.29, 0.717) is 11.4 Å². The predicted molar refractivity (Wildman–Crippen MR) is 78.7 cm³/mol. The minimum atomic E-state index is -0.278.